The number of halogens is 1. The fourth-order valence-electron chi connectivity index (χ4n) is 1.74. The SMILES string of the molecule is CCNc1nc(-c2ccccn2)nc(C(C)C)c1Br. The molecule has 2 heterocycles. The van der Waals surface area contributed by atoms with Gasteiger partial charge in [0.05, 0.1) is 10.2 Å². The Bertz CT molecular complexity index is 555. The summed E-state index contributed by atoms with van der Waals surface area (Å²) >= 11 is 3.58. The predicted octanol–water partition coefficient (Wildman–Crippen LogP) is 3.86. The van der Waals surface area contributed by atoms with Crippen LogP contribution in [0.4, 0.5) is 5.82 Å². The zero-order chi connectivity index (χ0) is 13.8. The van der Waals surface area contributed by atoms with Crippen LogP contribution in [0.15, 0.2) is 28.9 Å². The van der Waals surface area contributed by atoms with Gasteiger partial charge in [0, 0.05) is 12.7 Å². The van der Waals surface area contributed by atoms with E-state index in [9.17, 15) is 0 Å². The van der Waals surface area contributed by atoms with Crippen LogP contribution < -0.4 is 5.32 Å². The van der Waals surface area contributed by atoms with E-state index in [1.54, 1.807) is 6.20 Å². The van der Waals surface area contributed by atoms with Gasteiger partial charge in [0.1, 0.15) is 11.5 Å². The van der Waals surface area contributed by atoms with Crippen LogP contribution in [0.25, 0.3) is 11.5 Å². The number of nitrogens with zero attached hydrogens (tertiary/aromatic N) is 3. The van der Waals surface area contributed by atoms with E-state index in [0.29, 0.717) is 11.7 Å². The van der Waals surface area contributed by atoms with Crippen LogP contribution >= 0.6 is 15.9 Å². The predicted molar refractivity (Wildman–Crippen MR) is 81.2 cm³/mol. The summed E-state index contributed by atoms with van der Waals surface area (Å²) in [5, 5.41) is 3.26. The van der Waals surface area contributed by atoms with Crippen molar-refractivity contribution in [3.05, 3.63) is 34.6 Å². The largest absolute Gasteiger partial charge is 0.369 e. The number of anilines is 1. The Labute approximate surface area is 121 Å². The lowest BCUT2D eigenvalue weighted by Gasteiger charge is -2.14. The molecule has 0 saturated carbocycles. The third-order valence-electron chi connectivity index (χ3n) is 2.66. The van der Waals surface area contributed by atoms with E-state index >= 15 is 0 Å². The summed E-state index contributed by atoms with van der Waals surface area (Å²) < 4.78 is 0.934. The maximum atomic E-state index is 4.62. The van der Waals surface area contributed by atoms with Gasteiger partial charge in [-0.05, 0) is 40.9 Å². The first-order valence-corrected chi connectivity index (χ1v) is 7.15. The van der Waals surface area contributed by atoms with Crippen LogP contribution in [0.2, 0.25) is 0 Å². The molecule has 0 atom stereocenters. The fourth-order valence-corrected chi connectivity index (χ4v) is 2.52. The summed E-state index contributed by atoms with van der Waals surface area (Å²) in [6, 6.07) is 5.75. The van der Waals surface area contributed by atoms with Gasteiger partial charge in [0.15, 0.2) is 5.82 Å². The highest BCUT2D eigenvalue weighted by Gasteiger charge is 2.15. The van der Waals surface area contributed by atoms with Gasteiger partial charge >= 0.3 is 0 Å². The van der Waals surface area contributed by atoms with Gasteiger partial charge < -0.3 is 5.32 Å². The number of nitrogens with one attached hydrogen (secondary N) is 1. The molecule has 2 rings (SSSR count). The van der Waals surface area contributed by atoms with E-state index in [4.69, 9.17) is 0 Å². The quantitative estimate of drug-likeness (QED) is 0.929. The molecule has 0 fully saturated rings. The standard InChI is InChI=1S/C14H17BrN4/c1-4-16-14-11(15)12(9(2)3)18-13(19-14)10-7-5-6-8-17-10/h5-9H,4H2,1-3H3,(H,16,18,19). The van der Waals surface area contributed by atoms with Crippen molar-refractivity contribution in [2.45, 2.75) is 26.7 Å². The van der Waals surface area contributed by atoms with Gasteiger partial charge in [-0.2, -0.15) is 0 Å². The lowest BCUT2D eigenvalue weighted by Crippen LogP contribution is -2.07. The molecule has 0 radical (unpaired) electrons. The molecule has 2 aromatic heterocycles. The normalized spacial score (nSPS) is 10.8. The minimum Gasteiger partial charge on any atom is -0.369 e. The molecule has 0 aromatic carbocycles. The lowest BCUT2D eigenvalue weighted by molar-refractivity contribution is 0.808. The van der Waals surface area contributed by atoms with Crippen molar-refractivity contribution in [3.63, 3.8) is 0 Å². The number of hydrogen-bond acceptors (Lipinski definition) is 4. The summed E-state index contributed by atoms with van der Waals surface area (Å²) in [6.45, 7) is 7.09. The van der Waals surface area contributed by atoms with E-state index in [-0.39, 0.29) is 0 Å². The molecule has 2 aromatic rings. The molecule has 0 aliphatic heterocycles. The van der Waals surface area contributed by atoms with Crippen molar-refractivity contribution in [1.29, 1.82) is 0 Å². The van der Waals surface area contributed by atoms with Gasteiger partial charge in [-0.15, -0.1) is 0 Å². The van der Waals surface area contributed by atoms with E-state index in [2.05, 4.69) is 50.0 Å². The molecule has 19 heavy (non-hydrogen) atoms. The Hall–Kier alpha value is -1.49. The molecule has 0 aliphatic carbocycles. The first kappa shape index (κ1) is 13.9. The van der Waals surface area contributed by atoms with Gasteiger partial charge in [-0.25, -0.2) is 9.97 Å². The van der Waals surface area contributed by atoms with E-state index in [1.165, 1.54) is 0 Å². The fraction of sp³-hybridized carbons (Fsp3) is 0.357. The highest BCUT2D eigenvalue weighted by molar-refractivity contribution is 9.10. The molecule has 100 valence electrons. The first-order chi connectivity index (χ1) is 9.13. The van der Waals surface area contributed by atoms with Gasteiger partial charge in [0.25, 0.3) is 0 Å². The highest BCUT2D eigenvalue weighted by Crippen LogP contribution is 2.30. The average Bonchev–Trinajstić information content (AvgIpc) is 2.42. The third kappa shape index (κ3) is 3.10. The van der Waals surface area contributed by atoms with Gasteiger partial charge in [-0.3, -0.25) is 4.98 Å². The number of hydrogen-bond donors (Lipinski definition) is 1. The van der Waals surface area contributed by atoms with Crippen LogP contribution in [-0.4, -0.2) is 21.5 Å². The van der Waals surface area contributed by atoms with Gasteiger partial charge in [0.2, 0.25) is 0 Å². The minimum absolute atomic E-state index is 0.317. The van der Waals surface area contributed by atoms with Crippen molar-refractivity contribution in [2.24, 2.45) is 0 Å². The second-order valence-corrected chi connectivity index (χ2v) is 5.29. The maximum Gasteiger partial charge on any atom is 0.180 e. The first-order valence-electron chi connectivity index (χ1n) is 6.36. The summed E-state index contributed by atoms with van der Waals surface area (Å²) in [5.41, 5.74) is 1.78. The van der Waals surface area contributed by atoms with Crippen molar-refractivity contribution in [1.82, 2.24) is 15.0 Å². The molecule has 0 bridgehead atoms. The van der Waals surface area contributed by atoms with Gasteiger partial charge in [-0.1, -0.05) is 19.9 Å². The van der Waals surface area contributed by atoms with Crippen LogP contribution in [-0.2, 0) is 0 Å². The Kier molecular flexibility index (Phi) is 4.47. The summed E-state index contributed by atoms with van der Waals surface area (Å²) in [5.74, 6) is 1.79. The van der Waals surface area contributed by atoms with Crippen molar-refractivity contribution in [2.75, 3.05) is 11.9 Å². The third-order valence-corrected chi connectivity index (χ3v) is 3.44. The molecule has 4 nitrogen and oxygen atoms in total. The molecule has 0 unspecified atom stereocenters. The van der Waals surface area contributed by atoms with E-state index < -0.39 is 0 Å². The molecule has 5 heteroatoms. The van der Waals surface area contributed by atoms with Crippen molar-refractivity contribution < 1.29 is 0 Å². The molecule has 0 aliphatic rings. The Balaban J connectivity index is 2.56. The Morgan fingerprint density at radius 2 is 2.05 bits per heavy atom. The summed E-state index contributed by atoms with van der Waals surface area (Å²) in [7, 11) is 0. The highest BCUT2D eigenvalue weighted by atomic mass is 79.9. The second kappa shape index (κ2) is 6.10. The van der Waals surface area contributed by atoms with Crippen LogP contribution in [0, 0.1) is 0 Å². The monoisotopic (exact) mass is 320 g/mol. The van der Waals surface area contributed by atoms with Crippen LogP contribution in [0.3, 0.4) is 0 Å². The zero-order valence-corrected chi connectivity index (χ0v) is 12.9. The number of aromatic nitrogens is 3. The molecular weight excluding hydrogens is 304 g/mol. The molecular formula is C14H17BrN4. The number of rotatable bonds is 4. The van der Waals surface area contributed by atoms with E-state index in [1.807, 2.05) is 25.1 Å². The van der Waals surface area contributed by atoms with Crippen molar-refractivity contribution in [3.8, 4) is 11.5 Å². The number of pyridine rings is 1. The molecule has 0 amide bonds. The molecule has 1 N–H and O–H groups in total. The van der Waals surface area contributed by atoms with Crippen LogP contribution in [0.5, 0.6) is 0 Å². The Morgan fingerprint density at radius 1 is 1.26 bits per heavy atom. The summed E-state index contributed by atoms with van der Waals surface area (Å²) in [4.78, 5) is 13.5. The van der Waals surface area contributed by atoms with E-state index in [0.717, 1.165) is 28.2 Å². The second-order valence-electron chi connectivity index (χ2n) is 4.50. The van der Waals surface area contributed by atoms with Crippen LogP contribution in [0.1, 0.15) is 32.4 Å². The maximum absolute atomic E-state index is 4.62. The zero-order valence-electron chi connectivity index (χ0n) is 11.3. The summed E-state index contributed by atoms with van der Waals surface area (Å²) in [6.07, 6.45) is 1.75. The van der Waals surface area contributed by atoms with Crippen molar-refractivity contribution >= 4 is 21.7 Å². The smallest absolute Gasteiger partial charge is 0.180 e. The lowest BCUT2D eigenvalue weighted by atomic mass is 10.1. The Morgan fingerprint density at radius 3 is 2.63 bits per heavy atom. The minimum atomic E-state index is 0.317. The molecule has 0 spiro atoms. The molecule has 0 saturated heterocycles. The average molecular weight is 321 g/mol. The topological polar surface area (TPSA) is 50.7 Å².